The molecule has 65 heavy (non-hydrogen) atoms. The van der Waals surface area contributed by atoms with E-state index in [1.165, 1.54) is 141 Å². The summed E-state index contributed by atoms with van der Waals surface area (Å²) in [6.07, 6.45) is 66.4. The second-order valence-electron chi connectivity index (χ2n) is 18.5. The summed E-state index contributed by atoms with van der Waals surface area (Å²) in [7, 11) is 0. The SMILES string of the molecule is CC/C=C\C/C=C\C/C=C\C/C=C\C/C=C\CCCCCC(=O)OC[C@@H](COC(=O)CCCCCCCCCCCCC)OC(=O)CCCCCCCCCCCCCCCCCCC. The van der Waals surface area contributed by atoms with Crippen LogP contribution >= 0.6 is 0 Å². The highest BCUT2D eigenvalue weighted by Crippen LogP contribution is 2.16. The monoisotopic (exact) mass is 909 g/mol. The minimum absolute atomic E-state index is 0.0812. The first kappa shape index (κ1) is 62.1. The highest BCUT2D eigenvalue weighted by molar-refractivity contribution is 5.71. The predicted octanol–water partition coefficient (Wildman–Crippen LogP) is 18.4. The molecule has 0 rings (SSSR count). The normalized spacial score (nSPS) is 12.5. The summed E-state index contributed by atoms with van der Waals surface area (Å²) < 4.78 is 16.8. The Balaban J connectivity index is 4.38. The van der Waals surface area contributed by atoms with Crippen LogP contribution in [0.3, 0.4) is 0 Å². The van der Waals surface area contributed by atoms with Crippen molar-refractivity contribution in [3.8, 4) is 0 Å². The number of esters is 3. The lowest BCUT2D eigenvalue weighted by Crippen LogP contribution is -2.30. The summed E-state index contributed by atoms with van der Waals surface area (Å²) in [5.41, 5.74) is 0. The van der Waals surface area contributed by atoms with Crippen molar-refractivity contribution in [2.75, 3.05) is 13.2 Å². The molecule has 0 spiro atoms. The van der Waals surface area contributed by atoms with Crippen LogP contribution in [0.5, 0.6) is 0 Å². The maximum Gasteiger partial charge on any atom is 0.306 e. The summed E-state index contributed by atoms with van der Waals surface area (Å²) in [4.78, 5) is 38.0. The van der Waals surface area contributed by atoms with Crippen molar-refractivity contribution in [1.82, 2.24) is 0 Å². The van der Waals surface area contributed by atoms with Gasteiger partial charge < -0.3 is 14.2 Å². The molecule has 0 N–H and O–H groups in total. The van der Waals surface area contributed by atoms with Crippen molar-refractivity contribution >= 4 is 17.9 Å². The fourth-order valence-corrected chi connectivity index (χ4v) is 7.88. The minimum Gasteiger partial charge on any atom is -0.462 e. The minimum atomic E-state index is -0.783. The first-order chi connectivity index (χ1) is 32.0. The lowest BCUT2D eigenvalue weighted by molar-refractivity contribution is -0.167. The Morgan fingerprint density at radius 1 is 0.323 bits per heavy atom. The van der Waals surface area contributed by atoms with Crippen molar-refractivity contribution in [2.24, 2.45) is 0 Å². The molecular weight excluding hydrogens is 805 g/mol. The quantitative estimate of drug-likeness (QED) is 0.0262. The maximum atomic E-state index is 12.8. The smallest absolute Gasteiger partial charge is 0.306 e. The van der Waals surface area contributed by atoms with Gasteiger partial charge >= 0.3 is 17.9 Å². The third-order valence-electron chi connectivity index (χ3n) is 12.0. The Hall–Kier alpha value is -2.89. The van der Waals surface area contributed by atoms with Gasteiger partial charge in [0, 0.05) is 19.3 Å². The maximum absolute atomic E-state index is 12.8. The Kier molecular flexibility index (Phi) is 51.3. The Bertz CT molecular complexity index is 1180. The van der Waals surface area contributed by atoms with Crippen LogP contribution in [-0.2, 0) is 28.6 Å². The number of carbonyl (C=O) groups is 3. The number of carbonyl (C=O) groups excluding carboxylic acids is 3. The molecule has 0 unspecified atom stereocenters. The van der Waals surface area contributed by atoms with Crippen molar-refractivity contribution in [3.05, 3.63) is 60.8 Å². The second kappa shape index (κ2) is 53.7. The summed E-state index contributed by atoms with van der Waals surface area (Å²) in [5.74, 6) is -0.904. The summed E-state index contributed by atoms with van der Waals surface area (Å²) in [6, 6.07) is 0. The van der Waals surface area contributed by atoms with E-state index in [9.17, 15) is 14.4 Å². The van der Waals surface area contributed by atoms with Crippen LogP contribution in [0.4, 0.5) is 0 Å². The van der Waals surface area contributed by atoms with E-state index in [4.69, 9.17) is 14.2 Å². The molecule has 0 aromatic carbocycles. The van der Waals surface area contributed by atoms with Crippen LogP contribution in [0.1, 0.15) is 278 Å². The van der Waals surface area contributed by atoms with Crippen molar-refractivity contribution in [1.29, 1.82) is 0 Å². The first-order valence-corrected chi connectivity index (χ1v) is 27.8. The summed E-state index contributed by atoms with van der Waals surface area (Å²) in [6.45, 7) is 6.52. The van der Waals surface area contributed by atoms with Gasteiger partial charge in [-0.2, -0.15) is 0 Å². The average Bonchev–Trinajstić information content (AvgIpc) is 3.30. The van der Waals surface area contributed by atoms with Gasteiger partial charge in [-0.25, -0.2) is 0 Å². The van der Waals surface area contributed by atoms with E-state index in [0.29, 0.717) is 19.3 Å². The predicted molar refractivity (Wildman–Crippen MR) is 279 cm³/mol. The number of unbranched alkanes of at least 4 members (excludes halogenated alkanes) is 29. The molecule has 0 saturated carbocycles. The Labute approximate surface area is 402 Å². The number of allylic oxidation sites excluding steroid dienone is 10. The van der Waals surface area contributed by atoms with E-state index >= 15 is 0 Å². The number of hydrogen-bond acceptors (Lipinski definition) is 6. The molecule has 0 aliphatic rings. The molecule has 0 aromatic heterocycles. The lowest BCUT2D eigenvalue weighted by atomic mass is 10.0. The van der Waals surface area contributed by atoms with E-state index in [0.717, 1.165) is 96.3 Å². The fourth-order valence-electron chi connectivity index (χ4n) is 7.88. The van der Waals surface area contributed by atoms with Crippen LogP contribution in [0, 0.1) is 0 Å². The molecule has 0 aliphatic carbocycles. The average molecular weight is 909 g/mol. The third kappa shape index (κ3) is 51.9. The zero-order chi connectivity index (χ0) is 47.2. The van der Waals surface area contributed by atoms with Crippen LogP contribution < -0.4 is 0 Å². The first-order valence-electron chi connectivity index (χ1n) is 27.8. The lowest BCUT2D eigenvalue weighted by Gasteiger charge is -2.18. The van der Waals surface area contributed by atoms with E-state index in [1.54, 1.807) is 0 Å². The van der Waals surface area contributed by atoms with E-state index in [-0.39, 0.29) is 31.1 Å². The van der Waals surface area contributed by atoms with E-state index in [2.05, 4.69) is 81.5 Å². The fraction of sp³-hybridized carbons (Fsp3) is 0.780. The summed E-state index contributed by atoms with van der Waals surface area (Å²) >= 11 is 0. The van der Waals surface area contributed by atoms with Crippen LogP contribution in [-0.4, -0.2) is 37.2 Å². The molecule has 1 atom stereocenters. The molecule has 0 bridgehead atoms. The van der Waals surface area contributed by atoms with Crippen molar-refractivity contribution < 1.29 is 28.6 Å². The zero-order valence-corrected chi connectivity index (χ0v) is 43.0. The zero-order valence-electron chi connectivity index (χ0n) is 43.0. The van der Waals surface area contributed by atoms with Gasteiger partial charge in [0.25, 0.3) is 0 Å². The van der Waals surface area contributed by atoms with Crippen molar-refractivity contribution in [2.45, 2.75) is 284 Å². The number of hydrogen-bond donors (Lipinski definition) is 0. The molecule has 0 aliphatic heterocycles. The van der Waals surface area contributed by atoms with Gasteiger partial charge in [-0.05, 0) is 64.2 Å². The topological polar surface area (TPSA) is 78.9 Å². The van der Waals surface area contributed by atoms with Crippen LogP contribution in [0.25, 0.3) is 0 Å². The standard InChI is InChI=1S/C59H104O6/c1-4-7-10-13-16-19-22-24-26-28-29-31-32-34-37-40-43-46-49-52-58(61)64-55-56(54-63-57(60)51-48-45-42-39-36-21-18-15-12-9-6-3)65-59(62)53-50-47-44-41-38-35-33-30-27-25-23-20-17-14-11-8-5-2/h7,10,16,19,24,26,29,31,34,37,56H,4-6,8-9,11-15,17-18,20-23,25,27-28,30,32-33,35-36,38-55H2,1-3H3/b10-7-,19-16-,26-24-,31-29-,37-34-/t56-/m1/s1. The molecule has 0 heterocycles. The molecule has 376 valence electrons. The van der Waals surface area contributed by atoms with E-state index < -0.39 is 6.10 Å². The number of rotatable bonds is 50. The molecule has 6 nitrogen and oxygen atoms in total. The molecular formula is C59H104O6. The van der Waals surface area contributed by atoms with Gasteiger partial charge in [0.05, 0.1) is 0 Å². The van der Waals surface area contributed by atoms with Gasteiger partial charge in [0.2, 0.25) is 0 Å². The molecule has 0 fully saturated rings. The molecule has 0 aromatic rings. The van der Waals surface area contributed by atoms with Crippen molar-refractivity contribution in [3.63, 3.8) is 0 Å². The highest BCUT2D eigenvalue weighted by atomic mass is 16.6. The highest BCUT2D eigenvalue weighted by Gasteiger charge is 2.19. The molecule has 0 amide bonds. The third-order valence-corrected chi connectivity index (χ3v) is 12.0. The van der Waals surface area contributed by atoms with Crippen LogP contribution in [0.2, 0.25) is 0 Å². The van der Waals surface area contributed by atoms with Gasteiger partial charge in [0.1, 0.15) is 13.2 Å². The van der Waals surface area contributed by atoms with E-state index in [1.807, 2.05) is 0 Å². The Morgan fingerprint density at radius 3 is 0.938 bits per heavy atom. The van der Waals surface area contributed by atoms with Gasteiger partial charge in [-0.3, -0.25) is 14.4 Å². The summed E-state index contributed by atoms with van der Waals surface area (Å²) in [5, 5.41) is 0. The molecule has 6 heteroatoms. The molecule has 0 radical (unpaired) electrons. The molecule has 0 saturated heterocycles. The van der Waals surface area contributed by atoms with Gasteiger partial charge in [0.15, 0.2) is 6.10 Å². The van der Waals surface area contributed by atoms with Gasteiger partial charge in [-0.1, -0.05) is 255 Å². The van der Waals surface area contributed by atoms with Gasteiger partial charge in [-0.15, -0.1) is 0 Å². The largest absolute Gasteiger partial charge is 0.462 e. The Morgan fingerprint density at radius 2 is 0.600 bits per heavy atom. The number of ether oxygens (including phenoxy) is 3. The second-order valence-corrected chi connectivity index (χ2v) is 18.5. The van der Waals surface area contributed by atoms with Crippen LogP contribution in [0.15, 0.2) is 60.8 Å².